The van der Waals surface area contributed by atoms with Crippen molar-refractivity contribution in [2.45, 2.75) is 36.6 Å². The first-order chi connectivity index (χ1) is 19.5. The largest absolute Gasteiger partial charge is 0.530 e. The fourth-order valence-corrected chi connectivity index (χ4v) is 5.17. The van der Waals surface area contributed by atoms with Crippen LogP contribution in [0.5, 0.6) is 11.5 Å². The Balaban J connectivity index is 1.22. The van der Waals surface area contributed by atoms with Crippen molar-refractivity contribution in [2.75, 3.05) is 26.5 Å². The van der Waals surface area contributed by atoms with E-state index in [1.807, 2.05) is 66.9 Å². The molecule has 1 saturated heterocycles. The first-order valence-electron chi connectivity index (χ1n) is 12.9. The minimum absolute atomic E-state index is 0.0365. The average Bonchev–Trinajstić information content (AvgIpc) is 3.48. The Morgan fingerprint density at radius 3 is 2.58 bits per heavy atom. The quantitative estimate of drug-likeness (QED) is 0.253. The van der Waals surface area contributed by atoms with Gasteiger partial charge in [0.05, 0.1) is 25.4 Å². The molecule has 3 aromatic carbocycles. The number of thioether (sulfide) groups is 1. The van der Waals surface area contributed by atoms with Crippen molar-refractivity contribution in [1.29, 1.82) is 0 Å². The van der Waals surface area contributed by atoms with Crippen LogP contribution in [0.3, 0.4) is 0 Å². The molecule has 0 bridgehead atoms. The molecule has 1 amide bonds. The molecule has 4 aromatic rings. The Kier molecular flexibility index (Phi) is 8.87. The molecule has 1 fully saturated rings. The van der Waals surface area contributed by atoms with E-state index in [9.17, 15) is 9.90 Å². The summed E-state index contributed by atoms with van der Waals surface area (Å²) in [5, 5.41) is 15.6. The fourth-order valence-electron chi connectivity index (χ4n) is 4.77. The van der Waals surface area contributed by atoms with Crippen molar-refractivity contribution < 1.29 is 28.6 Å². The van der Waals surface area contributed by atoms with Gasteiger partial charge in [-0.05, 0) is 60.2 Å². The van der Waals surface area contributed by atoms with Gasteiger partial charge in [-0.25, -0.2) is 0 Å². The zero-order chi connectivity index (χ0) is 27.9. The van der Waals surface area contributed by atoms with Crippen molar-refractivity contribution >= 4 is 17.9 Å². The van der Waals surface area contributed by atoms with Crippen LogP contribution in [-0.4, -0.2) is 53.7 Å². The van der Waals surface area contributed by atoms with Crippen LogP contribution < -0.4 is 14.6 Å². The summed E-state index contributed by atoms with van der Waals surface area (Å²) in [6.07, 6.45) is 1.20. The molecule has 0 saturated carbocycles. The number of piperidine rings is 1. The minimum Gasteiger partial charge on any atom is -0.530 e. The number of hydrogen-bond donors (Lipinski definition) is 0. The van der Waals surface area contributed by atoms with Gasteiger partial charge in [-0.1, -0.05) is 41.6 Å². The van der Waals surface area contributed by atoms with Crippen LogP contribution in [0.2, 0.25) is 0 Å². The molecule has 1 aliphatic rings. The Labute approximate surface area is 237 Å². The van der Waals surface area contributed by atoms with E-state index in [0.29, 0.717) is 42.8 Å². The van der Waals surface area contributed by atoms with Gasteiger partial charge >= 0.3 is 0 Å². The molecular weight excluding hydrogens is 530 g/mol. The summed E-state index contributed by atoms with van der Waals surface area (Å²) in [7, 11) is 1.60. The predicted molar refractivity (Wildman–Crippen MR) is 148 cm³/mol. The maximum absolute atomic E-state index is 11.6. The second kappa shape index (κ2) is 12.9. The Morgan fingerprint density at radius 2 is 1.85 bits per heavy atom. The van der Waals surface area contributed by atoms with E-state index in [1.165, 1.54) is 9.80 Å². The van der Waals surface area contributed by atoms with E-state index in [4.69, 9.17) is 18.7 Å². The van der Waals surface area contributed by atoms with E-state index in [-0.39, 0.29) is 25.2 Å². The van der Waals surface area contributed by atoms with Gasteiger partial charge in [0.1, 0.15) is 17.6 Å². The minimum atomic E-state index is -1.17. The summed E-state index contributed by atoms with van der Waals surface area (Å²) in [6, 6.07) is 23.4. The van der Waals surface area contributed by atoms with E-state index in [1.54, 1.807) is 18.9 Å². The topological polar surface area (TPSA) is 110 Å². The highest BCUT2D eigenvalue weighted by molar-refractivity contribution is 7.98. The summed E-state index contributed by atoms with van der Waals surface area (Å²) >= 11 is 1.68. The molecule has 5 rings (SSSR count). The third kappa shape index (κ3) is 6.57. The van der Waals surface area contributed by atoms with Gasteiger partial charge in [-0.3, -0.25) is 0 Å². The zero-order valence-corrected chi connectivity index (χ0v) is 23.1. The number of hydrogen-bond acceptors (Lipinski definition) is 9. The molecule has 1 aromatic heterocycles. The summed E-state index contributed by atoms with van der Waals surface area (Å²) in [6.45, 7) is 1.19. The van der Waals surface area contributed by atoms with E-state index in [0.717, 1.165) is 16.7 Å². The molecule has 10 heteroatoms. The van der Waals surface area contributed by atoms with E-state index >= 15 is 0 Å². The predicted octanol–water partition coefficient (Wildman–Crippen LogP) is 4.76. The molecule has 40 heavy (non-hydrogen) atoms. The first-order valence-corrected chi connectivity index (χ1v) is 14.2. The van der Waals surface area contributed by atoms with Crippen LogP contribution in [-0.2, 0) is 18.0 Å². The van der Waals surface area contributed by atoms with Gasteiger partial charge in [-0.15, -0.1) is 11.8 Å². The summed E-state index contributed by atoms with van der Waals surface area (Å²) < 4.78 is 22.9. The van der Waals surface area contributed by atoms with Crippen molar-refractivity contribution in [3.63, 3.8) is 0 Å². The number of amides is 1. The summed E-state index contributed by atoms with van der Waals surface area (Å²) in [5.74, 6) is 2.13. The normalized spacial score (nSPS) is 17.0. The third-order valence-electron chi connectivity index (χ3n) is 6.93. The number of likely N-dealkylation sites (tertiary alicyclic amines) is 1. The lowest BCUT2D eigenvalue weighted by molar-refractivity contribution is -0.268. The molecule has 1 aliphatic heterocycles. The first kappa shape index (κ1) is 27.5. The molecule has 208 valence electrons. The van der Waals surface area contributed by atoms with Crippen LogP contribution in [0.1, 0.15) is 29.4 Å². The number of rotatable bonds is 10. The number of aromatic nitrogens is 2. The Bertz CT molecular complexity index is 1410. The van der Waals surface area contributed by atoms with Crippen molar-refractivity contribution in [3.8, 4) is 22.9 Å². The number of benzene rings is 3. The van der Waals surface area contributed by atoms with Crippen LogP contribution in [0.4, 0.5) is 4.79 Å². The van der Waals surface area contributed by atoms with E-state index in [2.05, 4.69) is 22.3 Å². The smallest absolute Gasteiger partial charge is 0.264 e. The molecule has 2 atom stereocenters. The zero-order valence-electron chi connectivity index (χ0n) is 22.3. The lowest BCUT2D eigenvalue weighted by Gasteiger charge is -2.40. The van der Waals surface area contributed by atoms with Crippen molar-refractivity contribution in [3.05, 3.63) is 89.8 Å². The van der Waals surface area contributed by atoms with Gasteiger partial charge in [0.15, 0.2) is 6.61 Å². The highest BCUT2D eigenvalue weighted by atomic mass is 32.2. The molecule has 0 spiro atoms. The van der Waals surface area contributed by atoms with Crippen molar-refractivity contribution in [2.24, 2.45) is 0 Å². The second-order valence-electron chi connectivity index (χ2n) is 9.37. The number of methoxy groups -OCH3 is 1. The van der Waals surface area contributed by atoms with E-state index < -0.39 is 6.09 Å². The molecule has 2 unspecified atom stereocenters. The summed E-state index contributed by atoms with van der Waals surface area (Å²) in [4.78, 5) is 18.5. The molecule has 0 radical (unpaired) electrons. The van der Waals surface area contributed by atoms with Crippen LogP contribution in [0.15, 0.2) is 82.2 Å². The fraction of sp³-hybridized carbons (Fsp3) is 0.300. The average molecular weight is 561 g/mol. The number of para-hydroxylation sites is 1. The highest BCUT2D eigenvalue weighted by Crippen LogP contribution is 2.33. The maximum Gasteiger partial charge on any atom is 0.264 e. The van der Waals surface area contributed by atoms with Gasteiger partial charge in [0.25, 0.3) is 5.89 Å². The van der Waals surface area contributed by atoms with Gasteiger partial charge in [0.2, 0.25) is 5.82 Å². The van der Waals surface area contributed by atoms with Crippen LogP contribution in [0.25, 0.3) is 11.4 Å². The highest BCUT2D eigenvalue weighted by Gasteiger charge is 2.31. The van der Waals surface area contributed by atoms with Crippen LogP contribution >= 0.6 is 11.8 Å². The lowest BCUT2D eigenvalue weighted by Crippen LogP contribution is -2.51. The number of ether oxygens (including phenoxy) is 3. The number of carbonyl (C=O) groups is 1. The van der Waals surface area contributed by atoms with Gasteiger partial charge < -0.3 is 33.5 Å². The van der Waals surface area contributed by atoms with Gasteiger partial charge in [0, 0.05) is 23.9 Å². The second-order valence-corrected chi connectivity index (χ2v) is 10.3. The number of carboxylic acid groups (broad SMARTS) is 1. The Hall–Kier alpha value is -4.02. The number of nitrogens with zero attached hydrogens (tertiary/aromatic N) is 3. The van der Waals surface area contributed by atoms with Crippen molar-refractivity contribution in [1.82, 2.24) is 15.0 Å². The molecular formula is C30H30N3O6S-. The maximum atomic E-state index is 11.6. The summed E-state index contributed by atoms with van der Waals surface area (Å²) in [5.41, 5.74) is 2.84. The molecule has 2 heterocycles. The SMILES string of the molecule is COc1ccccc1-c1noc(COc2ccc(C3CCN(C(=O)[O-])CC3OCc3ccc(SC)cc3)cc2)n1. The number of carbonyl (C=O) groups excluding carboxylic acids is 1. The monoisotopic (exact) mass is 560 g/mol. The van der Waals surface area contributed by atoms with Gasteiger partial charge in [-0.2, -0.15) is 4.98 Å². The Morgan fingerprint density at radius 1 is 1.07 bits per heavy atom. The standard InChI is InChI=1S/C30H31N3O6S/c1-36-26-6-4-3-5-25(26)29-31-28(39-32-29)19-37-22-11-9-21(10-12-22)24-15-16-33(30(34)35)17-27(24)38-18-20-7-13-23(40-2)14-8-20/h3-14,24,27H,15-19H2,1-2H3,(H,34,35)/p-1. The molecule has 0 aliphatic carbocycles. The lowest BCUT2D eigenvalue weighted by atomic mass is 9.87. The molecule has 0 N–H and O–H groups in total. The van der Waals surface area contributed by atoms with Crippen LogP contribution in [0, 0.1) is 0 Å². The molecule has 9 nitrogen and oxygen atoms in total. The third-order valence-corrected chi connectivity index (χ3v) is 7.67.